The van der Waals surface area contributed by atoms with Gasteiger partial charge < -0.3 is 28.1 Å². The molecule has 0 spiro atoms. The molecular weight excluding hydrogens is 572 g/mol. The summed E-state index contributed by atoms with van der Waals surface area (Å²) in [5.41, 5.74) is -0.278. The molecule has 0 fully saturated rings. The van der Waals surface area contributed by atoms with Crippen molar-refractivity contribution >= 4 is 40.9 Å². The van der Waals surface area contributed by atoms with Crippen LogP contribution in [0, 0.1) is 0 Å². The van der Waals surface area contributed by atoms with Crippen molar-refractivity contribution in [3.63, 3.8) is 0 Å². The van der Waals surface area contributed by atoms with Gasteiger partial charge in [-0.05, 0) is 45.1 Å². The molecule has 230 valence electrons. The molecule has 0 aliphatic carbocycles. The van der Waals surface area contributed by atoms with Crippen molar-refractivity contribution in [1.29, 1.82) is 0 Å². The summed E-state index contributed by atoms with van der Waals surface area (Å²) in [4.78, 5) is 62.5. The summed E-state index contributed by atoms with van der Waals surface area (Å²) >= 11 is 0. The van der Waals surface area contributed by atoms with Crippen LogP contribution in [-0.4, -0.2) is 29.5 Å². The third kappa shape index (κ3) is 6.72. The van der Waals surface area contributed by atoms with Crippen molar-refractivity contribution < 1.29 is 47.3 Å². The van der Waals surface area contributed by atoms with Gasteiger partial charge in [0.15, 0.2) is 11.3 Å². The van der Waals surface area contributed by atoms with E-state index in [2.05, 4.69) is 6.58 Å². The van der Waals surface area contributed by atoms with Crippen LogP contribution in [0.25, 0.3) is 28.2 Å². The molecule has 0 radical (unpaired) electrons. The van der Waals surface area contributed by atoms with Gasteiger partial charge in [0.2, 0.25) is 5.43 Å². The Morgan fingerprint density at radius 1 is 0.909 bits per heavy atom. The predicted octanol–water partition coefficient (Wildman–Crippen LogP) is 5.99. The fourth-order valence-electron chi connectivity index (χ4n) is 4.84. The lowest BCUT2D eigenvalue weighted by atomic mass is 9.91. The van der Waals surface area contributed by atoms with E-state index >= 15 is 0 Å². The second kappa shape index (κ2) is 12.2. The summed E-state index contributed by atoms with van der Waals surface area (Å²) in [5, 5.41) is -0.142. The second-order valence-corrected chi connectivity index (χ2v) is 10.9. The van der Waals surface area contributed by atoms with Gasteiger partial charge in [-0.1, -0.05) is 12.2 Å². The van der Waals surface area contributed by atoms with E-state index in [1.165, 1.54) is 45.9 Å². The molecule has 1 unspecified atom stereocenters. The summed E-state index contributed by atoms with van der Waals surface area (Å²) in [5.74, 6) is -2.53. The molecule has 2 aromatic carbocycles. The number of esters is 4. The molecule has 1 aliphatic rings. The van der Waals surface area contributed by atoms with E-state index in [1.807, 2.05) is 0 Å². The van der Waals surface area contributed by atoms with Gasteiger partial charge >= 0.3 is 23.9 Å². The number of ether oxygens (including phenoxy) is 5. The standard InChI is InChI=1S/C33H32O11/c1-16(2)13-26(42-19(5)36)27-31-23(11-12-33(7,8)44-31)30(43-20(6)37)28-29(38)24(15-39-32(27)28)22-10-9-21(40-17(3)34)14-25(22)41-18(4)35/h9-12,14-15,26H,1,13H2,2-8H3. The fourth-order valence-corrected chi connectivity index (χ4v) is 4.84. The van der Waals surface area contributed by atoms with Crippen molar-refractivity contribution in [2.45, 2.75) is 66.6 Å². The van der Waals surface area contributed by atoms with Crippen molar-refractivity contribution in [3.05, 3.63) is 64.0 Å². The van der Waals surface area contributed by atoms with Crippen LogP contribution in [0.2, 0.25) is 0 Å². The number of carbonyl (C=O) groups is 4. The second-order valence-electron chi connectivity index (χ2n) is 10.9. The highest BCUT2D eigenvalue weighted by molar-refractivity contribution is 5.98. The molecule has 0 saturated heterocycles. The average Bonchev–Trinajstić information content (AvgIpc) is 2.87. The van der Waals surface area contributed by atoms with E-state index in [1.54, 1.807) is 32.9 Å². The molecular formula is C33H32O11. The Labute approximate surface area is 253 Å². The highest BCUT2D eigenvalue weighted by atomic mass is 16.6. The topological polar surface area (TPSA) is 145 Å². The maximum atomic E-state index is 14.4. The number of rotatable bonds is 8. The SMILES string of the molecule is C=C(C)CC(OC(C)=O)c1c2c(c(OC(C)=O)c3c(=O)c(-c4ccc(OC(C)=O)cc4OC(C)=O)coc13)C=CC(C)(C)O2. The van der Waals surface area contributed by atoms with E-state index in [0.717, 1.165) is 6.26 Å². The Bertz CT molecular complexity index is 1790. The van der Waals surface area contributed by atoms with Gasteiger partial charge in [-0.2, -0.15) is 0 Å². The van der Waals surface area contributed by atoms with Crippen LogP contribution in [0.3, 0.4) is 0 Å². The molecule has 11 heteroatoms. The zero-order valence-corrected chi connectivity index (χ0v) is 25.4. The van der Waals surface area contributed by atoms with Crippen LogP contribution in [0.5, 0.6) is 23.0 Å². The lowest BCUT2D eigenvalue weighted by Gasteiger charge is -2.32. The lowest BCUT2D eigenvalue weighted by molar-refractivity contribution is -0.146. The number of benzene rings is 2. The number of hydrogen-bond acceptors (Lipinski definition) is 11. The molecule has 3 aromatic rings. The molecule has 2 heterocycles. The Morgan fingerprint density at radius 3 is 2.16 bits per heavy atom. The van der Waals surface area contributed by atoms with Gasteiger partial charge in [-0.3, -0.25) is 24.0 Å². The summed E-state index contributed by atoms with van der Waals surface area (Å²) in [6, 6.07) is 4.13. The third-order valence-electron chi connectivity index (χ3n) is 6.38. The Kier molecular flexibility index (Phi) is 8.80. The van der Waals surface area contributed by atoms with Crippen molar-refractivity contribution in [3.8, 4) is 34.1 Å². The first-order valence-corrected chi connectivity index (χ1v) is 13.6. The molecule has 0 saturated carbocycles. The monoisotopic (exact) mass is 604 g/mol. The van der Waals surface area contributed by atoms with Gasteiger partial charge in [0, 0.05) is 45.7 Å². The molecule has 1 aromatic heterocycles. The van der Waals surface area contributed by atoms with E-state index in [0.29, 0.717) is 5.57 Å². The maximum absolute atomic E-state index is 14.4. The Morgan fingerprint density at radius 2 is 1.57 bits per heavy atom. The largest absolute Gasteiger partial charge is 0.482 e. The van der Waals surface area contributed by atoms with Crippen LogP contribution in [-0.2, 0) is 23.9 Å². The normalized spacial score (nSPS) is 13.7. The van der Waals surface area contributed by atoms with E-state index in [-0.39, 0.29) is 62.6 Å². The minimum Gasteiger partial charge on any atom is -0.482 e. The van der Waals surface area contributed by atoms with Crippen LogP contribution in [0.15, 0.2) is 51.9 Å². The van der Waals surface area contributed by atoms with Gasteiger partial charge in [-0.25, -0.2) is 0 Å². The van der Waals surface area contributed by atoms with Gasteiger partial charge in [0.25, 0.3) is 0 Å². The molecule has 4 rings (SSSR count). The van der Waals surface area contributed by atoms with Crippen molar-refractivity contribution in [2.75, 3.05) is 0 Å². The first-order chi connectivity index (χ1) is 20.6. The van der Waals surface area contributed by atoms with Crippen molar-refractivity contribution in [2.24, 2.45) is 0 Å². The van der Waals surface area contributed by atoms with Crippen LogP contribution in [0.4, 0.5) is 0 Å². The molecule has 44 heavy (non-hydrogen) atoms. The minimum absolute atomic E-state index is 0.0436. The third-order valence-corrected chi connectivity index (χ3v) is 6.38. The molecule has 0 bridgehead atoms. The highest BCUT2D eigenvalue weighted by Crippen LogP contribution is 2.49. The van der Waals surface area contributed by atoms with Crippen LogP contribution in [0.1, 0.15) is 72.1 Å². The molecule has 1 aliphatic heterocycles. The lowest BCUT2D eigenvalue weighted by Crippen LogP contribution is -2.29. The quantitative estimate of drug-likeness (QED) is 0.170. The first-order valence-electron chi connectivity index (χ1n) is 13.6. The zero-order chi connectivity index (χ0) is 32.5. The summed E-state index contributed by atoms with van der Waals surface area (Å²) < 4.78 is 34.2. The average molecular weight is 605 g/mol. The number of fused-ring (bicyclic) bond motifs is 2. The smallest absolute Gasteiger partial charge is 0.308 e. The highest BCUT2D eigenvalue weighted by Gasteiger charge is 2.36. The summed E-state index contributed by atoms with van der Waals surface area (Å²) in [6.07, 6.45) is 3.73. The summed E-state index contributed by atoms with van der Waals surface area (Å²) in [7, 11) is 0. The molecule has 1 atom stereocenters. The maximum Gasteiger partial charge on any atom is 0.308 e. The van der Waals surface area contributed by atoms with Gasteiger partial charge in [0.05, 0.1) is 16.7 Å². The van der Waals surface area contributed by atoms with Gasteiger partial charge in [-0.15, -0.1) is 0 Å². The predicted molar refractivity (Wildman–Crippen MR) is 160 cm³/mol. The molecule has 11 nitrogen and oxygen atoms in total. The molecule has 0 amide bonds. The summed E-state index contributed by atoms with van der Waals surface area (Å²) in [6.45, 7) is 14.1. The Balaban J connectivity index is 2.15. The van der Waals surface area contributed by atoms with E-state index in [4.69, 9.17) is 28.1 Å². The van der Waals surface area contributed by atoms with Crippen molar-refractivity contribution in [1.82, 2.24) is 0 Å². The fraction of sp³-hybridized carbons (Fsp3) is 0.303. The zero-order valence-electron chi connectivity index (χ0n) is 25.4. The van der Waals surface area contributed by atoms with Crippen LogP contribution >= 0.6 is 0 Å². The number of carbonyl (C=O) groups excluding carboxylic acids is 4. The Hall–Kier alpha value is -5.19. The minimum atomic E-state index is -0.983. The van der Waals surface area contributed by atoms with E-state index < -0.39 is 41.0 Å². The van der Waals surface area contributed by atoms with Crippen LogP contribution < -0.4 is 24.4 Å². The van der Waals surface area contributed by atoms with Gasteiger partial charge in [0.1, 0.15) is 40.6 Å². The molecule has 0 N–H and O–H groups in total. The van der Waals surface area contributed by atoms with E-state index in [9.17, 15) is 24.0 Å². The number of hydrogen-bond donors (Lipinski definition) is 0. The first kappa shape index (κ1) is 31.7.